The van der Waals surface area contributed by atoms with Gasteiger partial charge in [0.2, 0.25) is 0 Å². The molecule has 0 aromatic heterocycles. The van der Waals surface area contributed by atoms with E-state index in [4.69, 9.17) is 32.7 Å². The van der Waals surface area contributed by atoms with Gasteiger partial charge >= 0.3 is 0 Å². The smallest absolute Gasteiger partial charge is 0.295 e. The van der Waals surface area contributed by atoms with Gasteiger partial charge in [-0.15, -0.1) is 0 Å². The van der Waals surface area contributed by atoms with Gasteiger partial charge < -0.3 is 19.5 Å². The van der Waals surface area contributed by atoms with Crippen molar-refractivity contribution in [2.45, 2.75) is 12.5 Å². The molecule has 0 bridgehead atoms. The Morgan fingerprint density at radius 2 is 1.76 bits per heavy atom. The molecular weight excluding hydrogens is 479 g/mol. The molecule has 1 unspecified atom stereocenters. The van der Waals surface area contributed by atoms with Crippen LogP contribution in [-0.4, -0.2) is 73.1 Å². The number of rotatable bonds is 7. The number of Topliss-reactive ketones (excluding diaryl/α,β-unsaturated/α-hetero) is 1. The summed E-state index contributed by atoms with van der Waals surface area (Å²) in [5.74, 6) is -1.00. The standard InChI is InChI=1S/C25H26Cl2N2O5/c1-33-18-6-3-16(4-7-18)23(30)21-22(17-5-8-19(26)20(27)15-17)29(25(32)24(21)31)10-2-9-28-11-13-34-14-12-28/h3-8,15,22,30H,2,9-14H2,1H3. The molecule has 1 N–H and O–H groups in total. The fourth-order valence-electron chi connectivity index (χ4n) is 4.33. The van der Waals surface area contributed by atoms with Gasteiger partial charge in [-0.3, -0.25) is 14.5 Å². The van der Waals surface area contributed by atoms with Crippen LogP contribution in [-0.2, 0) is 14.3 Å². The molecule has 2 aliphatic heterocycles. The molecule has 2 aromatic rings. The molecule has 2 heterocycles. The van der Waals surface area contributed by atoms with Crippen LogP contribution in [0.15, 0.2) is 48.0 Å². The van der Waals surface area contributed by atoms with E-state index in [0.29, 0.717) is 53.1 Å². The summed E-state index contributed by atoms with van der Waals surface area (Å²) in [5, 5.41) is 11.8. The van der Waals surface area contributed by atoms with Crippen LogP contribution >= 0.6 is 23.2 Å². The van der Waals surface area contributed by atoms with Crippen LogP contribution < -0.4 is 4.74 Å². The van der Waals surface area contributed by atoms with Gasteiger partial charge in [0.25, 0.3) is 11.7 Å². The average Bonchev–Trinajstić information content (AvgIpc) is 3.11. The Labute approximate surface area is 208 Å². The number of ether oxygens (including phenoxy) is 2. The summed E-state index contributed by atoms with van der Waals surface area (Å²) in [6.07, 6.45) is 0.674. The number of amides is 1. The second-order valence-electron chi connectivity index (χ2n) is 8.20. The van der Waals surface area contributed by atoms with E-state index in [0.717, 1.165) is 19.6 Å². The van der Waals surface area contributed by atoms with E-state index in [-0.39, 0.29) is 11.3 Å². The summed E-state index contributed by atoms with van der Waals surface area (Å²) in [6.45, 7) is 4.19. The maximum Gasteiger partial charge on any atom is 0.295 e. The van der Waals surface area contributed by atoms with Crippen LogP contribution in [0.5, 0.6) is 5.75 Å². The minimum atomic E-state index is -0.776. The van der Waals surface area contributed by atoms with Gasteiger partial charge in [0.15, 0.2) is 0 Å². The highest BCUT2D eigenvalue weighted by Gasteiger charge is 2.46. The molecule has 0 saturated carbocycles. The Bertz CT molecular complexity index is 1100. The minimum absolute atomic E-state index is 0.0277. The predicted molar refractivity (Wildman–Crippen MR) is 130 cm³/mol. The van der Waals surface area contributed by atoms with E-state index >= 15 is 0 Å². The van der Waals surface area contributed by atoms with Crippen molar-refractivity contribution < 1.29 is 24.2 Å². The second-order valence-corrected chi connectivity index (χ2v) is 9.02. The molecule has 2 saturated heterocycles. The Balaban J connectivity index is 1.69. The zero-order chi connectivity index (χ0) is 24.2. The molecule has 1 atom stereocenters. The lowest BCUT2D eigenvalue weighted by Gasteiger charge is -2.29. The van der Waals surface area contributed by atoms with Crippen molar-refractivity contribution in [3.05, 3.63) is 69.2 Å². The number of hydrogen-bond acceptors (Lipinski definition) is 6. The fraction of sp³-hybridized carbons (Fsp3) is 0.360. The zero-order valence-corrected chi connectivity index (χ0v) is 20.3. The molecule has 0 spiro atoms. The number of aliphatic hydroxyl groups is 1. The second kappa shape index (κ2) is 10.8. The summed E-state index contributed by atoms with van der Waals surface area (Å²) >= 11 is 12.4. The largest absolute Gasteiger partial charge is 0.507 e. The molecule has 2 aliphatic rings. The number of aliphatic hydroxyl groups excluding tert-OH is 1. The number of benzene rings is 2. The van der Waals surface area contributed by atoms with Gasteiger partial charge in [-0.05, 0) is 48.4 Å². The number of ketones is 1. The maximum absolute atomic E-state index is 13.1. The fourth-order valence-corrected chi connectivity index (χ4v) is 4.64. The number of nitrogens with zero attached hydrogens (tertiary/aromatic N) is 2. The average molecular weight is 505 g/mol. The summed E-state index contributed by atoms with van der Waals surface area (Å²) in [5.41, 5.74) is 1.05. The molecule has 4 rings (SSSR count). The van der Waals surface area contributed by atoms with Crippen LogP contribution in [0.25, 0.3) is 5.76 Å². The van der Waals surface area contributed by atoms with Gasteiger partial charge in [0.05, 0.1) is 42.0 Å². The lowest BCUT2D eigenvalue weighted by atomic mass is 9.95. The molecule has 180 valence electrons. The van der Waals surface area contributed by atoms with E-state index in [9.17, 15) is 14.7 Å². The van der Waals surface area contributed by atoms with Crippen LogP contribution in [0.4, 0.5) is 0 Å². The highest BCUT2D eigenvalue weighted by atomic mass is 35.5. The third-order valence-electron chi connectivity index (χ3n) is 6.14. The number of likely N-dealkylation sites (tertiary alicyclic amines) is 1. The topological polar surface area (TPSA) is 79.3 Å². The van der Waals surface area contributed by atoms with Gasteiger partial charge in [-0.1, -0.05) is 29.3 Å². The first-order chi connectivity index (χ1) is 16.4. The van der Waals surface area contributed by atoms with E-state index < -0.39 is 17.7 Å². The molecular formula is C25H26Cl2N2O5. The molecule has 1 amide bonds. The summed E-state index contributed by atoms with van der Waals surface area (Å²) in [7, 11) is 1.54. The first kappa shape index (κ1) is 24.5. The Kier molecular flexibility index (Phi) is 7.78. The maximum atomic E-state index is 13.1. The van der Waals surface area contributed by atoms with Crippen molar-refractivity contribution in [3.8, 4) is 5.75 Å². The predicted octanol–water partition coefficient (Wildman–Crippen LogP) is 4.15. The third-order valence-corrected chi connectivity index (χ3v) is 6.88. The highest BCUT2D eigenvalue weighted by Crippen LogP contribution is 2.41. The van der Waals surface area contributed by atoms with Crippen LogP contribution in [0.2, 0.25) is 10.0 Å². The third kappa shape index (κ3) is 5.08. The minimum Gasteiger partial charge on any atom is -0.507 e. The summed E-state index contributed by atoms with van der Waals surface area (Å²) in [4.78, 5) is 30.0. The molecule has 2 aromatic carbocycles. The van der Waals surface area contributed by atoms with Gasteiger partial charge in [0, 0.05) is 31.7 Å². The van der Waals surface area contributed by atoms with E-state index in [1.165, 1.54) is 4.90 Å². The number of halogens is 2. The normalized spacial score (nSPS) is 20.7. The highest BCUT2D eigenvalue weighted by molar-refractivity contribution is 6.46. The monoisotopic (exact) mass is 504 g/mol. The quantitative estimate of drug-likeness (QED) is 0.346. The lowest BCUT2D eigenvalue weighted by molar-refractivity contribution is -0.140. The number of methoxy groups -OCH3 is 1. The van der Waals surface area contributed by atoms with E-state index in [1.807, 2.05) is 0 Å². The molecule has 7 nitrogen and oxygen atoms in total. The van der Waals surface area contributed by atoms with Crippen molar-refractivity contribution in [3.63, 3.8) is 0 Å². The Morgan fingerprint density at radius 1 is 1.06 bits per heavy atom. The van der Waals surface area contributed by atoms with E-state index in [2.05, 4.69) is 4.90 Å². The van der Waals surface area contributed by atoms with Crippen LogP contribution in [0.1, 0.15) is 23.6 Å². The first-order valence-corrected chi connectivity index (χ1v) is 11.8. The SMILES string of the molecule is COc1ccc(C(O)=C2C(=O)C(=O)N(CCCN3CCOCC3)C2c2ccc(Cl)c(Cl)c2)cc1. The summed E-state index contributed by atoms with van der Waals surface area (Å²) < 4.78 is 10.6. The van der Waals surface area contributed by atoms with Gasteiger partial charge in [-0.25, -0.2) is 0 Å². The molecule has 0 aliphatic carbocycles. The van der Waals surface area contributed by atoms with Crippen molar-refractivity contribution in [2.75, 3.05) is 46.5 Å². The molecule has 9 heteroatoms. The van der Waals surface area contributed by atoms with Crippen LogP contribution in [0, 0.1) is 0 Å². The van der Waals surface area contributed by atoms with Gasteiger partial charge in [0.1, 0.15) is 11.5 Å². The molecule has 34 heavy (non-hydrogen) atoms. The Hall–Kier alpha value is -2.58. The number of carbonyl (C=O) groups is 2. The number of hydrogen-bond donors (Lipinski definition) is 1. The van der Waals surface area contributed by atoms with Crippen LogP contribution in [0.3, 0.4) is 0 Å². The number of carbonyl (C=O) groups excluding carboxylic acids is 2. The lowest BCUT2D eigenvalue weighted by Crippen LogP contribution is -2.38. The first-order valence-electron chi connectivity index (χ1n) is 11.1. The molecule has 2 fully saturated rings. The van der Waals surface area contributed by atoms with Gasteiger partial charge in [-0.2, -0.15) is 0 Å². The Morgan fingerprint density at radius 3 is 2.41 bits per heavy atom. The van der Waals surface area contributed by atoms with E-state index in [1.54, 1.807) is 49.6 Å². The number of morpholine rings is 1. The van der Waals surface area contributed by atoms with Crippen molar-refractivity contribution in [1.82, 2.24) is 9.80 Å². The van der Waals surface area contributed by atoms with Crippen molar-refractivity contribution in [2.24, 2.45) is 0 Å². The zero-order valence-electron chi connectivity index (χ0n) is 18.8. The molecule has 0 radical (unpaired) electrons. The van der Waals surface area contributed by atoms with Crippen molar-refractivity contribution >= 4 is 40.7 Å². The van der Waals surface area contributed by atoms with Crippen molar-refractivity contribution in [1.29, 1.82) is 0 Å². The summed E-state index contributed by atoms with van der Waals surface area (Å²) in [6, 6.07) is 10.9.